The summed E-state index contributed by atoms with van der Waals surface area (Å²) in [6.45, 7) is 0. The van der Waals surface area contributed by atoms with E-state index in [1.165, 1.54) is 5.41 Å². The second kappa shape index (κ2) is 9.52. The lowest BCUT2D eigenvalue weighted by atomic mass is 9.94. The fourth-order valence-electron chi connectivity index (χ4n) is 3.18. The smallest absolute Gasteiger partial charge is 0.411 e. The number of sulfonamides is 1. The normalized spacial score (nSPS) is 20.0. The summed E-state index contributed by atoms with van der Waals surface area (Å²) < 4.78 is 32.8. The van der Waals surface area contributed by atoms with Crippen LogP contribution in [-0.2, 0) is 14.8 Å². The van der Waals surface area contributed by atoms with Crippen molar-refractivity contribution in [3.63, 3.8) is 0 Å². The zero-order valence-corrected chi connectivity index (χ0v) is 16.3. The van der Waals surface area contributed by atoms with Crippen molar-refractivity contribution in [2.45, 2.75) is 37.8 Å². The van der Waals surface area contributed by atoms with E-state index >= 15 is 0 Å². The highest BCUT2D eigenvalue weighted by molar-refractivity contribution is 7.92. The molecule has 6 nitrogen and oxygen atoms in total. The standard InChI is InChI=1S/C21H24N2O4S/c24-21(22-18-10-5-2-6-11-18)27-20-13-7-12-19(16-20)23-28(25,26)15-14-17-8-3-1-4-9-17/h1-6,8-11,14-15,19-20,23H,7,12-13,16H2,(H,22,24)/b15-14+/t19-,20-/m0/s1. The maximum absolute atomic E-state index is 12.3. The molecule has 0 spiro atoms. The van der Waals surface area contributed by atoms with E-state index in [-0.39, 0.29) is 12.1 Å². The number of hydrogen-bond donors (Lipinski definition) is 2. The van der Waals surface area contributed by atoms with Gasteiger partial charge in [-0.3, -0.25) is 5.32 Å². The number of carbonyl (C=O) groups excluding carboxylic acids is 1. The number of rotatable bonds is 6. The number of nitrogens with one attached hydrogen (secondary N) is 2. The number of carbonyl (C=O) groups is 1. The topological polar surface area (TPSA) is 84.5 Å². The van der Waals surface area contributed by atoms with Crippen molar-refractivity contribution in [3.05, 3.63) is 71.6 Å². The molecule has 0 bridgehead atoms. The number of para-hydroxylation sites is 1. The second-order valence-corrected chi connectivity index (χ2v) is 8.36. The van der Waals surface area contributed by atoms with Gasteiger partial charge in [0.25, 0.3) is 0 Å². The SMILES string of the molecule is O=C(Nc1ccccc1)O[C@H]1CCC[C@H](NS(=O)(=O)/C=C/c2ccccc2)C1. The molecular formula is C21H24N2O4S. The quantitative estimate of drug-likeness (QED) is 0.763. The first-order chi connectivity index (χ1) is 13.5. The van der Waals surface area contributed by atoms with Gasteiger partial charge < -0.3 is 4.74 Å². The lowest BCUT2D eigenvalue weighted by Gasteiger charge is -2.29. The van der Waals surface area contributed by atoms with E-state index in [0.717, 1.165) is 24.8 Å². The van der Waals surface area contributed by atoms with Gasteiger partial charge in [-0.15, -0.1) is 0 Å². The molecule has 1 amide bonds. The van der Waals surface area contributed by atoms with Crippen molar-refractivity contribution < 1.29 is 17.9 Å². The highest BCUT2D eigenvalue weighted by Gasteiger charge is 2.27. The Balaban J connectivity index is 1.51. The van der Waals surface area contributed by atoms with Gasteiger partial charge in [0, 0.05) is 23.6 Å². The van der Waals surface area contributed by atoms with E-state index in [4.69, 9.17) is 4.74 Å². The molecule has 0 saturated heterocycles. The Bertz CT molecular complexity index is 899. The maximum Gasteiger partial charge on any atom is 0.411 e. The van der Waals surface area contributed by atoms with E-state index in [1.54, 1.807) is 18.2 Å². The fraction of sp³-hybridized carbons (Fsp3) is 0.286. The molecule has 1 saturated carbocycles. The lowest BCUT2D eigenvalue weighted by Crippen LogP contribution is -2.40. The van der Waals surface area contributed by atoms with Crippen LogP contribution in [0.2, 0.25) is 0 Å². The summed E-state index contributed by atoms with van der Waals surface area (Å²) in [7, 11) is -3.57. The summed E-state index contributed by atoms with van der Waals surface area (Å²) in [4.78, 5) is 12.0. The van der Waals surface area contributed by atoms with E-state index in [2.05, 4.69) is 10.0 Å². The molecule has 148 valence electrons. The average Bonchev–Trinajstić information content (AvgIpc) is 2.68. The third-order valence-electron chi connectivity index (χ3n) is 4.49. The number of hydrogen-bond acceptors (Lipinski definition) is 4. The summed E-state index contributed by atoms with van der Waals surface area (Å²) in [6.07, 6.45) is 3.41. The minimum atomic E-state index is -3.57. The molecule has 0 aromatic heterocycles. The molecule has 7 heteroatoms. The molecule has 2 aromatic carbocycles. The molecule has 2 atom stereocenters. The van der Waals surface area contributed by atoms with Crippen LogP contribution in [0.15, 0.2) is 66.1 Å². The van der Waals surface area contributed by atoms with Crippen LogP contribution in [0.5, 0.6) is 0 Å². The summed E-state index contributed by atoms with van der Waals surface area (Å²) >= 11 is 0. The lowest BCUT2D eigenvalue weighted by molar-refractivity contribution is 0.0793. The van der Waals surface area contributed by atoms with Crippen LogP contribution in [-0.4, -0.2) is 26.7 Å². The third kappa shape index (κ3) is 6.51. The van der Waals surface area contributed by atoms with Crippen LogP contribution < -0.4 is 10.0 Å². The molecule has 2 aromatic rings. The van der Waals surface area contributed by atoms with Crippen molar-refractivity contribution in [1.29, 1.82) is 0 Å². The Morgan fingerprint density at radius 3 is 2.39 bits per heavy atom. The second-order valence-electron chi connectivity index (χ2n) is 6.76. The number of anilines is 1. The van der Waals surface area contributed by atoms with Gasteiger partial charge >= 0.3 is 6.09 Å². The van der Waals surface area contributed by atoms with Crippen LogP contribution in [0.1, 0.15) is 31.2 Å². The zero-order valence-electron chi connectivity index (χ0n) is 15.5. The molecule has 1 aliphatic carbocycles. The summed E-state index contributed by atoms with van der Waals surface area (Å²) in [6, 6.07) is 18.1. The summed E-state index contributed by atoms with van der Waals surface area (Å²) in [5.41, 5.74) is 1.47. The highest BCUT2D eigenvalue weighted by atomic mass is 32.2. The molecule has 0 aliphatic heterocycles. The largest absolute Gasteiger partial charge is 0.446 e. The van der Waals surface area contributed by atoms with Gasteiger partial charge in [0.05, 0.1) is 0 Å². The maximum atomic E-state index is 12.3. The van der Waals surface area contributed by atoms with Gasteiger partial charge in [0.1, 0.15) is 6.10 Å². The number of amides is 1. The molecule has 28 heavy (non-hydrogen) atoms. The Morgan fingerprint density at radius 2 is 1.68 bits per heavy atom. The van der Waals surface area contributed by atoms with Crippen LogP contribution in [0.25, 0.3) is 6.08 Å². The minimum Gasteiger partial charge on any atom is -0.446 e. The average molecular weight is 401 g/mol. The van der Waals surface area contributed by atoms with Gasteiger partial charge in [0.15, 0.2) is 0 Å². The van der Waals surface area contributed by atoms with Gasteiger partial charge in [0.2, 0.25) is 10.0 Å². The molecule has 0 heterocycles. The molecule has 1 fully saturated rings. The summed E-state index contributed by atoms with van der Waals surface area (Å²) in [5, 5.41) is 3.86. The summed E-state index contributed by atoms with van der Waals surface area (Å²) in [5.74, 6) is 0. The number of ether oxygens (including phenoxy) is 1. The van der Waals surface area contributed by atoms with Gasteiger partial charge in [-0.25, -0.2) is 17.9 Å². The Labute approximate surface area is 165 Å². The molecule has 1 aliphatic rings. The van der Waals surface area contributed by atoms with Gasteiger partial charge in [-0.1, -0.05) is 48.5 Å². The molecular weight excluding hydrogens is 376 g/mol. The van der Waals surface area contributed by atoms with Crippen molar-refractivity contribution >= 4 is 27.9 Å². The van der Waals surface area contributed by atoms with Crippen LogP contribution in [0, 0.1) is 0 Å². The van der Waals surface area contributed by atoms with Gasteiger partial charge in [-0.05, 0) is 43.0 Å². The molecule has 0 unspecified atom stereocenters. The third-order valence-corrected chi connectivity index (χ3v) is 5.65. The van der Waals surface area contributed by atoms with Crippen molar-refractivity contribution in [2.24, 2.45) is 0 Å². The monoisotopic (exact) mass is 400 g/mol. The van der Waals surface area contributed by atoms with Crippen LogP contribution >= 0.6 is 0 Å². The fourth-order valence-corrected chi connectivity index (χ4v) is 4.28. The molecule has 2 N–H and O–H groups in total. The van der Waals surface area contributed by atoms with E-state index in [9.17, 15) is 13.2 Å². The van der Waals surface area contributed by atoms with E-state index in [0.29, 0.717) is 12.1 Å². The van der Waals surface area contributed by atoms with E-state index < -0.39 is 16.1 Å². The Kier molecular flexibility index (Phi) is 6.84. The molecule has 3 rings (SSSR count). The van der Waals surface area contributed by atoms with Crippen LogP contribution in [0.4, 0.5) is 10.5 Å². The first kappa shape index (κ1) is 20.1. The van der Waals surface area contributed by atoms with E-state index in [1.807, 2.05) is 48.5 Å². The van der Waals surface area contributed by atoms with Crippen LogP contribution in [0.3, 0.4) is 0 Å². The minimum absolute atomic E-state index is 0.256. The number of benzene rings is 2. The predicted octanol–water partition coefficient (Wildman–Crippen LogP) is 4.14. The Hall–Kier alpha value is -2.64. The van der Waals surface area contributed by atoms with Gasteiger partial charge in [-0.2, -0.15) is 0 Å². The zero-order chi connectivity index (χ0) is 19.8. The van der Waals surface area contributed by atoms with Crippen molar-refractivity contribution in [1.82, 2.24) is 4.72 Å². The molecule has 0 radical (unpaired) electrons. The highest BCUT2D eigenvalue weighted by Crippen LogP contribution is 2.22. The Morgan fingerprint density at radius 1 is 1.00 bits per heavy atom. The first-order valence-electron chi connectivity index (χ1n) is 9.28. The predicted molar refractivity (Wildman–Crippen MR) is 110 cm³/mol. The van der Waals surface area contributed by atoms with Crippen molar-refractivity contribution in [3.8, 4) is 0 Å². The first-order valence-corrected chi connectivity index (χ1v) is 10.8. The van der Waals surface area contributed by atoms with Crippen molar-refractivity contribution in [2.75, 3.05) is 5.32 Å².